The number of imide groups is 1. The summed E-state index contributed by atoms with van der Waals surface area (Å²) in [5.74, 6) is -1.23. The molecule has 2 aromatic carbocycles. The summed E-state index contributed by atoms with van der Waals surface area (Å²) < 4.78 is 14.0. The third kappa shape index (κ3) is 4.00. The van der Waals surface area contributed by atoms with Crippen LogP contribution < -0.4 is 10.2 Å². The van der Waals surface area contributed by atoms with Gasteiger partial charge in [-0.25, -0.2) is 9.18 Å². The number of para-hydroxylation sites is 1. The highest BCUT2D eigenvalue weighted by Crippen LogP contribution is 2.35. The van der Waals surface area contributed by atoms with Gasteiger partial charge in [-0.1, -0.05) is 41.4 Å². The second-order valence-corrected chi connectivity index (χ2v) is 8.73. The Bertz CT molecular complexity index is 1090. The number of halogens is 3. The predicted octanol–water partition coefficient (Wildman–Crippen LogP) is 3.25. The summed E-state index contributed by atoms with van der Waals surface area (Å²) >= 11 is 12.2. The van der Waals surface area contributed by atoms with E-state index in [-0.39, 0.29) is 23.3 Å². The summed E-state index contributed by atoms with van der Waals surface area (Å²) in [4.78, 5) is 42.8. The van der Waals surface area contributed by atoms with Crippen molar-refractivity contribution in [3.63, 3.8) is 0 Å². The van der Waals surface area contributed by atoms with Gasteiger partial charge in [0, 0.05) is 41.8 Å². The van der Waals surface area contributed by atoms with Gasteiger partial charge in [0.15, 0.2) is 0 Å². The molecular weight excluding hydrogens is 458 g/mol. The van der Waals surface area contributed by atoms with Crippen molar-refractivity contribution in [3.8, 4) is 0 Å². The molecule has 1 N–H and O–H groups in total. The zero-order valence-corrected chi connectivity index (χ0v) is 18.8. The Morgan fingerprint density at radius 3 is 2.44 bits per heavy atom. The van der Waals surface area contributed by atoms with Gasteiger partial charge >= 0.3 is 6.03 Å². The summed E-state index contributed by atoms with van der Waals surface area (Å²) in [6, 6.07) is 10.5. The minimum atomic E-state index is -1.40. The Labute approximate surface area is 194 Å². The number of urea groups is 1. The van der Waals surface area contributed by atoms with Crippen LogP contribution in [0.2, 0.25) is 10.0 Å². The number of nitrogens with one attached hydrogen (secondary N) is 1. The maximum Gasteiger partial charge on any atom is 0.325 e. The first-order chi connectivity index (χ1) is 15.2. The van der Waals surface area contributed by atoms with Gasteiger partial charge in [0.2, 0.25) is 5.91 Å². The van der Waals surface area contributed by atoms with Crippen molar-refractivity contribution in [1.29, 1.82) is 0 Å². The van der Waals surface area contributed by atoms with Crippen LogP contribution in [0.4, 0.5) is 14.9 Å². The van der Waals surface area contributed by atoms with Gasteiger partial charge in [-0.15, -0.1) is 0 Å². The second kappa shape index (κ2) is 8.60. The molecule has 10 heteroatoms. The number of hydrogen-bond acceptors (Lipinski definition) is 4. The number of piperazine rings is 1. The lowest BCUT2D eigenvalue weighted by molar-refractivity contribution is -0.139. The van der Waals surface area contributed by atoms with Gasteiger partial charge in [-0.2, -0.15) is 0 Å². The summed E-state index contributed by atoms with van der Waals surface area (Å²) in [5, 5.41) is 3.28. The van der Waals surface area contributed by atoms with Crippen LogP contribution in [0.3, 0.4) is 0 Å². The first-order valence-corrected chi connectivity index (χ1v) is 10.8. The summed E-state index contributed by atoms with van der Waals surface area (Å²) in [7, 11) is 0. The second-order valence-electron chi connectivity index (χ2n) is 7.89. The van der Waals surface area contributed by atoms with E-state index in [1.165, 1.54) is 12.1 Å². The molecule has 1 atom stereocenters. The molecule has 168 valence electrons. The molecule has 2 heterocycles. The van der Waals surface area contributed by atoms with Crippen molar-refractivity contribution in [2.75, 3.05) is 37.6 Å². The molecule has 0 saturated carbocycles. The smallest absolute Gasteiger partial charge is 0.325 e. The van der Waals surface area contributed by atoms with E-state index in [2.05, 4.69) is 5.32 Å². The molecule has 1 unspecified atom stereocenters. The van der Waals surface area contributed by atoms with Gasteiger partial charge in [-0.3, -0.25) is 14.5 Å². The third-order valence-electron chi connectivity index (χ3n) is 5.86. The molecule has 0 aromatic heterocycles. The van der Waals surface area contributed by atoms with Gasteiger partial charge in [0.1, 0.15) is 17.9 Å². The molecule has 7 nitrogen and oxygen atoms in total. The van der Waals surface area contributed by atoms with Crippen LogP contribution >= 0.6 is 23.2 Å². The number of rotatable bonds is 4. The van der Waals surface area contributed by atoms with Crippen molar-refractivity contribution < 1.29 is 18.8 Å². The zero-order chi connectivity index (χ0) is 23.0. The third-order valence-corrected chi connectivity index (χ3v) is 6.41. The Balaban J connectivity index is 1.42. The van der Waals surface area contributed by atoms with E-state index < -0.39 is 17.5 Å². The number of nitrogens with zero attached hydrogens (tertiary/aromatic N) is 3. The normalized spacial score (nSPS) is 21.2. The van der Waals surface area contributed by atoms with E-state index in [0.717, 1.165) is 4.90 Å². The standard InChI is InChI=1S/C22H21Cl2FN4O3/c1-22(15-7-6-14(23)12-16(15)24)20(31)29(21(32)26-22)13-19(30)28-10-8-27(9-11-28)18-5-3-2-4-17(18)25/h2-7,12H,8-11,13H2,1H3,(H,26,32). The Kier molecular flexibility index (Phi) is 6.01. The van der Waals surface area contributed by atoms with E-state index in [1.807, 2.05) is 4.90 Å². The van der Waals surface area contributed by atoms with Crippen LogP contribution in [0.1, 0.15) is 12.5 Å². The molecule has 0 bridgehead atoms. The van der Waals surface area contributed by atoms with E-state index in [1.54, 1.807) is 42.2 Å². The van der Waals surface area contributed by atoms with Crippen molar-refractivity contribution in [1.82, 2.24) is 15.1 Å². The molecular formula is C22H21Cl2FN4O3. The van der Waals surface area contributed by atoms with E-state index in [0.29, 0.717) is 42.5 Å². The Hall–Kier alpha value is -2.84. The fraction of sp³-hybridized carbons (Fsp3) is 0.318. The number of hydrogen-bond donors (Lipinski definition) is 1. The molecule has 2 aliphatic heterocycles. The maximum atomic E-state index is 14.0. The number of amides is 4. The lowest BCUT2D eigenvalue weighted by Gasteiger charge is -2.36. The van der Waals surface area contributed by atoms with Crippen molar-refractivity contribution in [3.05, 3.63) is 63.9 Å². The van der Waals surface area contributed by atoms with Crippen LogP contribution in [0.5, 0.6) is 0 Å². The molecule has 2 fully saturated rings. The monoisotopic (exact) mass is 478 g/mol. The van der Waals surface area contributed by atoms with E-state index in [9.17, 15) is 18.8 Å². The van der Waals surface area contributed by atoms with E-state index in [4.69, 9.17) is 23.2 Å². The number of carbonyl (C=O) groups excluding carboxylic acids is 3. The summed E-state index contributed by atoms with van der Waals surface area (Å²) in [5.41, 5.74) is -0.512. The molecule has 0 spiro atoms. The minimum Gasteiger partial charge on any atom is -0.366 e. The number of carbonyl (C=O) groups is 3. The average molecular weight is 479 g/mol. The first-order valence-electron chi connectivity index (χ1n) is 10.1. The summed E-state index contributed by atoms with van der Waals surface area (Å²) in [6.07, 6.45) is 0. The first kappa shape index (κ1) is 22.4. The van der Waals surface area contributed by atoms with Crippen LogP contribution in [0.25, 0.3) is 0 Å². The van der Waals surface area contributed by atoms with Crippen LogP contribution in [0.15, 0.2) is 42.5 Å². The highest BCUT2D eigenvalue weighted by molar-refractivity contribution is 6.35. The van der Waals surface area contributed by atoms with Crippen LogP contribution in [-0.2, 0) is 15.1 Å². The molecule has 0 radical (unpaired) electrons. The van der Waals surface area contributed by atoms with Crippen LogP contribution in [0, 0.1) is 5.82 Å². The van der Waals surface area contributed by atoms with Crippen LogP contribution in [-0.4, -0.2) is 60.4 Å². The molecule has 0 aliphatic carbocycles. The number of benzene rings is 2. The maximum absolute atomic E-state index is 14.0. The molecule has 4 rings (SSSR count). The van der Waals surface area contributed by atoms with Crippen molar-refractivity contribution >= 4 is 46.7 Å². The predicted molar refractivity (Wildman–Crippen MR) is 119 cm³/mol. The Morgan fingerprint density at radius 1 is 1.09 bits per heavy atom. The summed E-state index contributed by atoms with van der Waals surface area (Å²) in [6.45, 7) is 2.77. The lowest BCUT2D eigenvalue weighted by atomic mass is 9.92. The largest absolute Gasteiger partial charge is 0.366 e. The topological polar surface area (TPSA) is 73.0 Å². The van der Waals surface area contributed by atoms with E-state index >= 15 is 0 Å². The Morgan fingerprint density at radius 2 is 1.78 bits per heavy atom. The molecule has 4 amide bonds. The fourth-order valence-corrected chi connectivity index (χ4v) is 4.66. The van der Waals surface area contributed by atoms with Gasteiger partial charge in [-0.05, 0) is 31.2 Å². The molecule has 32 heavy (non-hydrogen) atoms. The average Bonchev–Trinajstić information content (AvgIpc) is 2.97. The molecule has 2 aliphatic rings. The molecule has 2 aromatic rings. The highest BCUT2D eigenvalue weighted by Gasteiger charge is 2.50. The van der Waals surface area contributed by atoms with Gasteiger partial charge < -0.3 is 15.1 Å². The van der Waals surface area contributed by atoms with Crippen molar-refractivity contribution in [2.24, 2.45) is 0 Å². The quantitative estimate of drug-likeness (QED) is 0.684. The zero-order valence-electron chi connectivity index (χ0n) is 17.3. The highest BCUT2D eigenvalue weighted by atomic mass is 35.5. The van der Waals surface area contributed by atoms with Gasteiger partial charge in [0.05, 0.1) is 5.69 Å². The van der Waals surface area contributed by atoms with Gasteiger partial charge in [0.25, 0.3) is 5.91 Å². The van der Waals surface area contributed by atoms with Crippen molar-refractivity contribution in [2.45, 2.75) is 12.5 Å². The lowest BCUT2D eigenvalue weighted by Crippen LogP contribution is -2.52. The fourth-order valence-electron chi connectivity index (χ4n) is 4.06. The minimum absolute atomic E-state index is 0.242. The SMILES string of the molecule is CC1(c2ccc(Cl)cc2Cl)NC(=O)N(CC(=O)N2CCN(c3ccccc3F)CC2)C1=O. The molecule has 2 saturated heterocycles. The number of anilines is 1.